The Balaban J connectivity index is 1.58. The lowest BCUT2D eigenvalue weighted by atomic mass is 10.0. The van der Waals surface area contributed by atoms with Gasteiger partial charge in [0.25, 0.3) is 0 Å². The van der Waals surface area contributed by atoms with Gasteiger partial charge in [0.15, 0.2) is 0 Å². The molecule has 2 aliphatic heterocycles. The van der Waals surface area contributed by atoms with E-state index in [1.165, 1.54) is 6.07 Å². The molecule has 1 aromatic rings. The molecule has 3 rings (SSSR count). The number of carbonyl (C=O) groups is 1. The molecule has 2 atom stereocenters. The summed E-state index contributed by atoms with van der Waals surface area (Å²) in [4.78, 5) is 16.4. The van der Waals surface area contributed by atoms with Crippen molar-refractivity contribution in [1.82, 2.24) is 10.2 Å². The van der Waals surface area contributed by atoms with Crippen LogP contribution in [-0.4, -0.2) is 54.9 Å². The van der Waals surface area contributed by atoms with Gasteiger partial charge in [-0.05, 0) is 49.9 Å². The van der Waals surface area contributed by atoms with Gasteiger partial charge in [-0.1, -0.05) is 0 Å². The minimum absolute atomic E-state index is 0.0337. The highest BCUT2D eigenvalue weighted by atomic mass is 19.1. The van der Waals surface area contributed by atoms with E-state index in [1.54, 1.807) is 11.0 Å². The molecular formula is C18H26FN3O2. The van der Waals surface area contributed by atoms with Crippen molar-refractivity contribution in [3.05, 3.63) is 29.6 Å². The zero-order valence-corrected chi connectivity index (χ0v) is 14.2. The molecule has 6 heteroatoms. The number of rotatable bonds is 3. The van der Waals surface area contributed by atoms with E-state index in [2.05, 4.69) is 10.2 Å². The van der Waals surface area contributed by atoms with Crippen LogP contribution in [0.1, 0.15) is 24.8 Å². The van der Waals surface area contributed by atoms with Crippen LogP contribution in [0.15, 0.2) is 18.2 Å². The van der Waals surface area contributed by atoms with E-state index in [4.69, 9.17) is 0 Å². The third-order valence-corrected chi connectivity index (χ3v) is 5.08. The van der Waals surface area contributed by atoms with Crippen LogP contribution in [-0.2, 0) is 0 Å². The summed E-state index contributed by atoms with van der Waals surface area (Å²) in [5, 5.41) is 12.3. The smallest absolute Gasteiger partial charge is 0.317 e. The van der Waals surface area contributed by atoms with E-state index < -0.39 is 0 Å². The zero-order valence-electron chi connectivity index (χ0n) is 14.2. The Morgan fingerprint density at radius 2 is 2.17 bits per heavy atom. The number of urea groups is 1. The minimum atomic E-state index is -0.217. The van der Waals surface area contributed by atoms with Crippen molar-refractivity contribution in [3.8, 4) is 0 Å². The van der Waals surface area contributed by atoms with Crippen LogP contribution < -0.4 is 10.2 Å². The number of benzene rings is 1. The van der Waals surface area contributed by atoms with E-state index in [9.17, 15) is 14.3 Å². The second kappa shape index (κ2) is 7.38. The molecule has 1 aromatic carbocycles. The molecule has 2 fully saturated rings. The summed E-state index contributed by atoms with van der Waals surface area (Å²) in [5.74, 6) is -0.00828. The number of aliphatic hydroxyl groups is 1. The number of nitrogens with one attached hydrogen (secondary N) is 1. The molecular weight excluding hydrogens is 309 g/mol. The minimum Gasteiger partial charge on any atom is -0.396 e. The molecule has 2 unspecified atom stereocenters. The fourth-order valence-corrected chi connectivity index (χ4v) is 3.72. The number of carbonyl (C=O) groups excluding carboxylic acids is 1. The molecule has 2 heterocycles. The van der Waals surface area contributed by atoms with Crippen LogP contribution in [0.2, 0.25) is 0 Å². The van der Waals surface area contributed by atoms with Crippen LogP contribution >= 0.6 is 0 Å². The van der Waals surface area contributed by atoms with Crippen molar-refractivity contribution in [3.63, 3.8) is 0 Å². The van der Waals surface area contributed by atoms with Gasteiger partial charge in [-0.3, -0.25) is 0 Å². The van der Waals surface area contributed by atoms with Gasteiger partial charge in [-0.15, -0.1) is 0 Å². The Bertz CT molecular complexity index is 596. The lowest BCUT2D eigenvalue weighted by molar-refractivity contribution is 0.193. The Morgan fingerprint density at radius 1 is 1.33 bits per heavy atom. The number of aryl methyl sites for hydroxylation is 1. The zero-order chi connectivity index (χ0) is 17.1. The second-order valence-corrected chi connectivity index (χ2v) is 6.95. The third-order valence-electron chi connectivity index (χ3n) is 5.08. The molecule has 0 radical (unpaired) electrons. The van der Waals surface area contributed by atoms with E-state index in [-0.39, 0.29) is 30.4 Å². The molecule has 2 aliphatic rings. The number of piperidine rings is 1. The molecule has 2 saturated heterocycles. The van der Waals surface area contributed by atoms with Crippen molar-refractivity contribution in [2.24, 2.45) is 5.92 Å². The lowest BCUT2D eigenvalue weighted by Crippen LogP contribution is -2.51. The number of aliphatic hydroxyl groups excluding tert-OH is 1. The van der Waals surface area contributed by atoms with Gasteiger partial charge < -0.3 is 20.2 Å². The molecule has 132 valence electrons. The monoisotopic (exact) mass is 335 g/mol. The van der Waals surface area contributed by atoms with Crippen molar-refractivity contribution in [2.45, 2.75) is 32.2 Å². The predicted octanol–water partition coefficient (Wildman–Crippen LogP) is 2.13. The maximum Gasteiger partial charge on any atom is 0.317 e. The van der Waals surface area contributed by atoms with Crippen LogP contribution in [0.25, 0.3) is 0 Å². The predicted molar refractivity (Wildman–Crippen MR) is 91.7 cm³/mol. The summed E-state index contributed by atoms with van der Waals surface area (Å²) in [7, 11) is 0. The molecule has 5 nitrogen and oxygen atoms in total. The number of hydrogen-bond acceptors (Lipinski definition) is 3. The average Bonchev–Trinajstić information content (AvgIpc) is 3.04. The quantitative estimate of drug-likeness (QED) is 0.890. The highest BCUT2D eigenvalue weighted by Crippen LogP contribution is 2.25. The standard InChI is InChI=1S/C18H26FN3O2/c1-13-9-15(19)4-5-17(13)21-7-2-3-16(11-21)20-18(24)22-8-6-14(10-22)12-23/h4-5,9,14,16,23H,2-3,6-8,10-12H2,1H3,(H,20,24). The fourth-order valence-electron chi connectivity index (χ4n) is 3.72. The molecule has 0 saturated carbocycles. The topological polar surface area (TPSA) is 55.8 Å². The van der Waals surface area contributed by atoms with Crippen molar-refractivity contribution in [2.75, 3.05) is 37.7 Å². The summed E-state index contributed by atoms with van der Waals surface area (Å²) in [6.45, 7) is 5.08. The summed E-state index contributed by atoms with van der Waals surface area (Å²) in [6.07, 6.45) is 2.83. The molecule has 2 amide bonds. The number of nitrogens with zero attached hydrogens (tertiary/aromatic N) is 2. The third kappa shape index (κ3) is 3.80. The van der Waals surface area contributed by atoms with Crippen LogP contribution in [0, 0.1) is 18.7 Å². The van der Waals surface area contributed by atoms with Gasteiger partial charge in [-0.25, -0.2) is 9.18 Å². The van der Waals surface area contributed by atoms with Crippen LogP contribution in [0.3, 0.4) is 0 Å². The van der Waals surface area contributed by atoms with Crippen molar-refractivity contribution in [1.29, 1.82) is 0 Å². The second-order valence-electron chi connectivity index (χ2n) is 6.95. The Hall–Kier alpha value is -1.82. The highest BCUT2D eigenvalue weighted by Gasteiger charge is 2.28. The Morgan fingerprint density at radius 3 is 2.88 bits per heavy atom. The maximum atomic E-state index is 13.3. The summed E-state index contributed by atoms with van der Waals surface area (Å²) in [5.41, 5.74) is 1.96. The van der Waals surface area contributed by atoms with Gasteiger partial charge in [0.2, 0.25) is 0 Å². The number of likely N-dealkylation sites (tertiary alicyclic amines) is 1. The largest absolute Gasteiger partial charge is 0.396 e. The normalized spacial score (nSPS) is 24.3. The molecule has 0 bridgehead atoms. The van der Waals surface area contributed by atoms with Crippen LogP contribution in [0.5, 0.6) is 0 Å². The Kier molecular flexibility index (Phi) is 5.23. The van der Waals surface area contributed by atoms with Crippen molar-refractivity contribution < 1.29 is 14.3 Å². The SMILES string of the molecule is Cc1cc(F)ccc1N1CCCC(NC(=O)N2CCC(CO)C2)C1. The van der Waals surface area contributed by atoms with Gasteiger partial charge in [0.1, 0.15) is 5.82 Å². The van der Waals surface area contributed by atoms with Crippen molar-refractivity contribution >= 4 is 11.7 Å². The van der Waals surface area contributed by atoms with Crippen LogP contribution in [0.4, 0.5) is 14.9 Å². The van der Waals surface area contributed by atoms with E-state index >= 15 is 0 Å². The number of halogens is 1. The first-order valence-corrected chi connectivity index (χ1v) is 8.74. The highest BCUT2D eigenvalue weighted by molar-refractivity contribution is 5.75. The van der Waals surface area contributed by atoms with E-state index in [0.717, 1.165) is 43.6 Å². The molecule has 0 spiro atoms. The Labute approximate surface area is 142 Å². The molecule has 24 heavy (non-hydrogen) atoms. The summed E-state index contributed by atoms with van der Waals surface area (Å²) < 4.78 is 13.3. The summed E-state index contributed by atoms with van der Waals surface area (Å²) in [6, 6.07) is 4.93. The van der Waals surface area contributed by atoms with E-state index in [0.29, 0.717) is 13.1 Å². The number of amides is 2. The van der Waals surface area contributed by atoms with Gasteiger partial charge in [0.05, 0.1) is 0 Å². The van der Waals surface area contributed by atoms with Gasteiger partial charge in [0, 0.05) is 50.4 Å². The lowest BCUT2D eigenvalue weighted by Gasteiger charge is -2.36. The van der Waals surface area contributed by atoms with Gasteiger partial charge in [-0.2, -0.15) is 0 Å². The van der Waals surface area contributed by atoms with Gasteiger partial charge >= 0.3 is 6.03 Å². The fraction of sp³-hybridized carbons (Fsp3) is 0.611. The first-order chi connectivity index (χ1) is 11.6. The van der Waals surface area contributed by atoms with E-state index in [1.807, 2.05) is 13.0 Å². The summed E-state index contributed by atoms with van der Waals surface area (Å²) >= 11 is 0. The molecule has 0 aromatic heterocycles. The maximum absolute atomic E-state index is 13.3. The molecule has 0 aliphatic carbocycles. The first kappa shape index (κ1) is 17.0. The molecule has 2 N–H and O–H groups in total. The number of anilines is 1. The number of hydrogen-bond donors (Lipinski definition) is 2. The average molecular weight is 335 g/mol. The first-order valence-electron chi connectivity index (χ1n) is 8.74.